The van der Waals surface area contributed by atoms with Gasteiger partial charge in [0.1, 0.15) is 0 Å². The molecule has 1 aromatic rings. The molecule has 1 aromatic carbocycles. The number of benzene rings is 1. The Morgan fingerprint density at radius 2 is 1.74 bits per heavy atom. The first kappa shape index (κ1) is 16.6. The van der Waals surface area contributed by atoms with E-state index < -0.39 is 18.6 Å². The summed E-state index contributed by atoms with van der Waals surface area (Å²) in [6.07, 6.45) is 0. The first-order valence-corrected chi connectivity index (χ1v) is 9.29. The van der Waals surface area contributed by atoms with Crippen LogP contribution in [0.5, 0.6) is 5.75 Å². The molecule has 0 radical (unpaired) electrons. The number of rotatable bonds is 4. The maximum absolute atomic E-state index is 10.8. The number of nitriles is 1. The third kappa shape index (κ3) is 3.19. The van der Waals surface area contributed by atoms with Gasteiger partial charge in [-0.1, -0.05) is 0 Å². The molecular formula is C13H19INO3P. The predicted octanol–water partition coefficient (Wildman–Crippen LogP) is 3.64. The Balaban J connectivity index is 3.30. The molecule has 19 heavy (non-hydrogen) atoms. The molecule has 4 nitrogen and oxygen atoms in total. The Morgan fingerprint density at radius 1 is 1.21 bits per heavy atom. The molecule has 1 rings (SSSR count). The summed E-state index contributed by atoms with van der Waals surface area (Å²) in [7, 11) is -4.31. The Hall–Kier alpha value is -0.410. The van der Waals surface area contributed by atoms with E-state index in [0.29, 0.717) is 11.3 Å². The molecule has 0 bridgehead atoms. The second kappa shape index (κ2) is 5.53. The van der Waals surface area contributed by atoms with Gasteiger partial charge < -0.3 is 0 Å². The summed E-state index contributed by atoms with van der Waals surface area (Å²) in [4.78, 5) is 21.5. The van der Waals surface area contributed by atoms with Gasteiger partial charge in [0.15, 0.2) is 0 Å². The summed E-state index contributed by atoms with van der Waals surface area (Å²) < 4.78 is 6.41. The van der Waals surface area contributed by atoms with E-state index >= 15 is 0 Å². The summed E-state index contributed by atoms with van der Waals surface area (Å²) in [5.41, 5.74) is -0.387. The number of nitrogens with zero attached hydrogens (tertiary/aromatic N) is 1. The van der Waals surface area contributed by atoms with Crippen molar-refractivity contribution in [3.8, 4) is 11.8 Å². The second-order valence-electron chi connectivity index (χ2n) is 5.11. The average molecular weight is 395 g/mol. The van der Waals surface area contributed by atoms with E-state index in [-0.39, 0.29) is 0 Å². The minimum absolute atomic E-state index is 0.352. The molecule has 0 spiro atoms. The van der Waals surface area contributed by atoms with Crippen molar-refractivity contribution in [2.24, 2.45) is 0 Å². The zero-order valence-corrected chi connectivity index (χ0v) is 14.5. The first-order valence-electron chi connectivity index (χ1n) is 6.01. The fourth-order valence-electron chi connectivity index (χ4n) is 1.65. The molecule has 0 amide bonds. The summed E-state index contributed by atoms with van der Waals surface area (Å²) in [5.74, 6) is 0.352. The Labute approximate surface area is 127 Å². The molecule has 6 heteroatoms. The Morgan fingerprint density at radius 3 is 2.16 bits per heavy atom. The van der Waals surface area contributed by atoms with Crippen molar-refractivity contribution in [3.63, 3.8) is 0 Å². The quantitative estimate of drug-likeness (QED) is 0.603. The molecule has 0 aromatic heterocycles. The molecule has 0 atom stereocenters. The van der Waals surface area contributed by atoms with E-state index in [1.165, 1.54) is 0 Å². The molecule has 2 N–H and O–H groups in total. The zero-order chi connectivity index (χ0) is 14.9. The maximum atomic E-state index is 10.8. The van der Waals surface area contributed by atoms with Crippen LogP contribution in [-0.4, -0.2) is 21.1 Å². The zero-order valence-electron chi connectivity index (χ0n) is 11.5. The normalized spacial score (nSPS) is 14.0. The van der Waals surface area contributed by atoms with Gasteiger partial charge in [-0.2, -0.15) is 0 Å². The first-order chi connectivity index (χ1) is 8.60. The van der Waals surface area contributed by atoms with Gasteiger partial charge >= 0.3 is 128 Å². The van der Waals surface area contributed by atoms with Crippen molar-refractivity contribution in [2.75, 3.05) is 0 Å². The fourth-order valence-corrected chi connectivity index (χ4v) is 4.44. The standard InChI is InChI=1S/C13H19INO3P/c1-9(2)19(16,17,10(3)4)18-13-7-11(8-15)5-6-12(13)14/h5-7,9-10,16-17H,1-4H3. The van der Waals surface area contributed by atoms with Crippen LogP contribution in [0.25, 0.3) is 0 Å². The molecule has 0 unspecified atom stereocenters. The molecule has 106 valence electrons. The molecule has 0 saturated carbocycles. The van der Waals surface area contributed by atoms with Gasteiger partial charge in [0, 0.05) is 0 Å². The van der Waals surface area contributed by atoms with Crippen LogP contribution in [0.1, 0.15) is 33.3 Å². The molecular weight excluding hydrogens is 376 g/mol. The summed E-state index contributed by atoms with van der Waals surface area (Å²) in [6, 6.07) is 6.96. The molecule has 0 aliphatic carbocycles. The van der Waals surface area contributed by atoms with Gasteiger partial charge in [-0.25, -0.2) is 0 Å². The van der Waals surface area contributed by atoms with Crippen LogP contribution in [-0.2, 0) is 0 Å². The van der Waals surface area contributed by atoms with Crippen LogP contribution in [0.15, 0.2) is 18.2 Å². The van der Waals surface area contributed by atoms with Crippen LogP contribution in [0.4, 0.5) is 0 Å². The molecule has 0 aliphatic heterocycles. The Kier molecular flexibility index (Phi) is 4.84. The van der Waals surface area contributed by atoms with E-state index in [1.807, 2.05) is 6.07 Å². The number of hydrogen-bond donors (Lipinski definition) is 2. The number of hydrogen-bond acceptors (Lipinski definition) is 4. The third-order valence-corrected chi connectivity index (χ3v) is 8.63. The van der Waals surface area contributed by atoms with Crippen molar-refractivity contribution < 1.29 is 14.3 Å². The minimum atomic E-state index is -4.31. The predicted molar refractivity (Wildman–Crippen MR) is 86.1 cm³/mol. The Bertz CT molecular complexity index is 511. The van der Waals surface area contributed by atoms with Crippen LogP contribution in [0, 0.1) is 14.9 Å². The SMILES string of the molecule is CC(C)P(O)(O)(Oc1cc(C#N)ccc1I)C(C)C. The summed E-state index contributed by atoms with van der Waals surface area (Å²) in [5, 5.41) is 8.91. The second-order valence-corrected chi connectivity index (χ2v) is 10.7. The average Bonchev–Trinajstić information content (AvgIpc) is 2.31. The van der Waals surface area contributed by atoms with Gasteiger partial charge in [-0.15, -0.1) is 0 Å². The molecule has 0 fully saturated rings. The summed E-state index contributed by atoms with van der Waals surface area (Å²) in [6.45, 7) is 6.94. The molecule has 0 aliphatic rings. The van der Waals surface area contributed by atoms with Crippen LogP contribution < -0.4 is 4.52 Å². The van der Waals surface area contributed by atoms with Crippen molar-refractivity contribution in [1.82, 2.24) is 0 Å². The van der Waals surface area contributed by atoms with E-state index in [0.717, 1.165) is 3.57 Å². The molecule has 0 saturated heterocycles. The topological polar surface area (TPSA) is 73.5 Å². The van der Waals surface area contributed by atoms with E-state index in [4.69, 9.17) is 9.79 Å². The van der Waals surface area contributed by atoms with Gasteiger partial charge in [0.25, 0.3) is 0 Å². The van der Waals surface area contributed by atoms with Gasteiger partial charge in [-0.3, -0.25) is 0 Å². The van der Waals surface area contributed by atoms with Crippen LogP contribution >= 0.6 is 29.9 Å². The number of halogens is 1. The molecule has 0 heterocycles. The van der Waals surface area contributed by atoms with E-state index in [2.05, 4.69) is 22.6 Å². The van der Waals surface area contributed by atoms with Crippen LogP contribution in [0.3, 0.4) is 0 Å². The van der Waals surface area contributed by atoms with Gasteiger partial charge in [0.2, 0.25) is 0 Å². The van der Waals surface area contributed by atoms with Crippen molar-refractivity contribution in [3.05, 3.63) is 27.3 Å². The van der Waals surface area contributed by atoms with Crippen molar-refractivity contribution in [2.45, 2.75) is 39.0 Å². The van der Waals surface area contributed by atoms with Crippen LogP contribution in [0.2, 0.25) is 0 Å². The van der Waals surface area contributed by atoms with Gasteiger partial charge in [0.05, 0.1) is 0 Å². The monoisotopic (exact) mass is 395 g/mol. The fraction of sp³-hybridized carbons (Fsp3) is 0.462. The van der Waals surface area contributed by atoms with Crippen molar-refractivity contribution in [1.29, 1.82) is 5.26 Å². The summed E-state index contributed by atoms with van der Waals surface area (Å²) >= 11 is 2.05. The van der Waals surface area contributed by atoms with Crippen molar-refractivity contribution >= 4 is 29.9 Å². The van der Waals surface area contributed by atoms with Gasteiger partial charge in [-0.05, 0) is 0 Å². The third-order valence-electron chi connectivity index (χ3n) is 3.29. The van der Waals surface area contributed by atoms with E-state index in [1.54, 1.807) is 45.9 Å². The van der Waals surface area contributed by atoms with E-state index in [9.17, 15) is 9.79 Å².